The van der Waals surface area contributed by atoms with Crippen molar-refractivity contribution in [2.75, 3.05) is 26.1 Å². The topological polar surface area (TPSA) is 62.8 Å². The molecule has 1 aromatic rings. The lowest BCUT2D eigenvalue weighted by molar-refractivity contribution is 0.233. The van der Waals surface area contributed by atoms with Gasteiger partial charge in [-0.2, -0.15) is 0 Å². The lowest BCUT2D eigenvalue weighted by Crippen LogP contribution is -2.37. The number of benzene rings is 1. The number of methoxy groups -OCH3 is 2. The van der Waals surface area contributed by atoms with Gasteiger partial charge in [-0.15, -0.1) is 0 Å². The van der Waals surface area contributed by atoms with Crippen LogP contribution in [0.1, 0.15) is 13.8 Å². The fourth-order valence-electron chi connectivity index (χ4n) is 2.11. The molecule has 0 aliphatic carbocycles. The minimum absolute atomic E-state index is 0.224. The van der Waals surface area contributed by atoms with Crippen LogP contribution in [0.25, 0.3) is 0 Å². The summed E-state index contributed by atoms with van der Waals surface area (Å²) < 4.78 is 10.4. The van der Waals surface area contributed by atoms with Crippen molar-refractivity contribution < 1.29 is 14.3 Å². The van der Waals surface area contributed by atoms with Crippen LogP contribution in [0.2, 0.25) is 0 Å². The Hall–Kier alpha value is -2.02. The van der Waals surface area contributed by atoms with Gasteiger partial charge in [0.25, 0.3) is 0 Å². The van der Waals surface area contributed by atoms with Gasteiger partial charge in [0.15, 0.2) is 5.11 Å². The van der Waals surface area contributed by atoms with Crippen LogP contribution in [0, 0.1) is 0 Å². The van der Waals surface area contributed by atoms with Gasteiger partial charge in [-0.05, 0) is 38.2 Å². The van der Waals surface area contributed by atoms with Gasteiger partial charge in [-0.1, -0.05) is 0 Å². The maximum Gasteiger partial charge on any atom is 0.328 e. The summed E-state index contributed by atoms with van der Waals surface area (Å²) in [4.78, 5) is 13.8. The minimum Gasteiger partial charge on any atom is -0.497 e. The highest BCUT2D eigenvalue weighted by Crippen LogP contribution is 2.29. The van der Waals surface area contributed by atoms with Gasteiger partial charge in [0.1, 0.15) is 11.5 Å². The highest BCUT2D eigenvalue weighted by molar-refractivity contribution is 7.80. The molecule has 0 spiro atoms. The molecule has 1 heterocycles. The Morgan fingerprint density at radius 1 is 1.38 bits per heavy atom. The quantitative estimate of drug-likeness (QED) is 0.838. The van der Waals surface area contributed by atoms with Crippen LogP contribution in [0.15, 0.2) is 18.2 Å². The van der Waals surface area contributed by atoms with Gasteiger partial charge in [-0.25, -0.2) is 4.79 Å². The third-order valence-electron chi connectivity index (χ3n) is 3.14. The van der Waals surface area contributed by atoms with Gasteiger partial charge in [0, 0.05) is 6.07 Å². The summed E-state index contributed by atoms with van der Waals surface area (Å²) >= 11 is 5.19. The Morgan fingerprint density at radius 2 is 2.10 bits per heavy atom. The molecule has 0 aromatic heterocycles. The van der Waals surface area contributed by atoms with Crippen LogP contribution >= 0.6 is 12.2 Å². The number of carbonyl (C=O) groups excluding carboxylic acids is 1. The molecular formula is C14H19N3O3S. The number of amides is 2. The number of anilines is 1. The predicted molar refractivity (Wildman–Crippen MR) is 85.1 cm³/mol. The highest BCUT2D eigenvalue weighted by Gasteiger charge is 2.35. The molecular weight excluding hydrogens is 290 g/mol. The largest absolute Gasteiger partial charge is 0.497 e. The van der Waals surface area contributed by atoms with Crippen LogP contribution in [0.5, 0.6) is 11.5 Å². The third-order valence-corrected chi connectivity index (χ3v) is 3.46. The molecule has 1 saturated heterocycles. The number of rotatable bonds is 3. The zero-order valence-electron chi connectivity index (χ0n) is 12.5. The summed E-state index contributed by atoms with van der Waals surface area (Å²) in [5, 5.41) is 6.33. The number of nitrogens with one attached hydrogen (secondary N) is 2. The number of urea groups is 1. The molecule has 114 valence electrons. The molecule has 1 aromatic carbocycles. The van der Waals surface area contributed by atoms with Gasteiger partial charge in [0.05, 0.1) is 32.0 Å². The Balaban J connectivity index is 2.15. The summed E-state index contributed by atoms with van der Waals surface area (Å²) in [6.07, 6.45) is 0. The Bertz CT molecular complexity index is 575. The molecule has 2 amide bonds. The van der Waals surface area contributed by atoms with Gasteiger partial charge in [-0.3, -0.25) is 4.90 Å². The molecule has 2 N–H and O–H groups in total. The van der Waals surface area contributed by atoms with Crippen molar-refractivity contribution in [3.05, 3.63) is 18.2 Å². The van der Waals surface area contributed by atoms with Gasteiger partial charge >= 0.3 is 6.03 Å². The lowest BCUT2D eigenvalue weighted by Gasteiger charge is -2.19. The first-order chi connectivity index (χ1) is 9.86. The van der Waals surface area contributed by atoms with Crippen molar-refractivity contribution in [1.82, 2.24) is 10.2 Å². The maximum atomic E-state index is 12.3. The van der Waals surface area contributed by atoms with E-state index < -0.39 is 0 Å². The minimum atomic E-state index is -0.290. The average Bonchev–Trinajstić information content (AvgIpc) is 2.72. The highest BCUT2D eigenvalue weighted by atomic mass is 32.1. The van der Waals surface area contributed by atoms with E-state index in [1.165, 1.54) is 12.0 Å². The Labute approximate surface area is 129 Å². The van der Waals surface area contributed by atoms with Crippen LogP contribution in [-0.2, 0) is 0 Å². The van der Waals surface area contributed by atoms with E-state index >= 15 is 0 Å². The molecule has 21 heavy (non-hydrogen) atoms. The van der Waals surface area contributed by atoms with Crippen molar-refractivity contribution >= 4 is 29.0 Å². The zero-order chi connectivity index (χ0) is 15.6. The fraction of sp³-hybridized carbons (Fsp3) is 0.429. The van der Waals surface area contributed by atoms with Crippen LogP contribution in [0.3, 0.4) is 0 Å². The van der Waals surface area contributed by atoms with E-state index in [-0.39, 0.29) is 11.6 Å². The second-order valence-corrected chi connectivity index (χ2v) is 5.78. The van der Waals surface area contributed by atoms with Gasteiger partial charge in [0.2, 0.25) is 0 Å². The van der Waals surface area contributed by atoms with Crippen LogP contribution in [0.4, 0.5) is 10.5 Å². The number of hydrogen-bond acceptors (Lipinski definition) is 4. The van der Waals surface area contributed by atoms with Crippen LogP contribution < -0.4 is 20.1 Å². The SMILES string of the molecule is COc1ccc(NC(=O)N2CC(C)(C)NC2=S)c(OC)c1. The number of nitrogens with zero attached hydrogens (tertiary/aromatic N) is 1. The summed E-state index contributed by atoms with van der Waals surface area (Å²) in [5.41, 5.74) is 0.342. The second-order valence-electron chi connectivity index (χ2n) is 5.40. The van der Waals surface area contributed by atoms with E-state index in [1.807, 2.05) is 13.8 Å². The van der Waals surface area contributed by atoms with E-state index in [4.69, 9.17) is 21.7 Å². The molecule has 2 rings (SSSR count). The van der Waals surface area contributed by atoms with Crippen molar-refractivity contribution in [3.63, 3.8) is 0 Å². The monoisotopic (exact) mass is 309 g/mol. The third kappa shape index (κ3) is 3.36. The van der Waals surface area contributed by atoms with Gasteiger partial charge < -0.3 is 20.1 Å². The smallest absolute Gasteiger partial charge is 0.328 e. The van der Waals surface area contributed by atoms with E-state index in [1.54, 1.807) is 25.3 Å². The van der Waals surface area contributed by atoms with Crippen molar-refractivity contribution in [1.29, 1.82) is 0 Å². The average molecular weight is 309 g/mol. The molecule has 0 unspecified atom stereocenters. The molecule has 0 atom stereocenters. The van der Waals surface area contributed by atoms with E-state index in [0.717, 1.165) is 0 Å². The summed E-state index contributed by atoms with van der Waals surface area (Å²) in [7, 11) is 3.11. The van der Waals surface area contributed by atoms with Crippen LogP contribution in [-0.4, -0.2) is 42.3 Å². The number of thiocarbonyl (C=S) groups is 1. The molecule has 0 saturated carbocycles. The number of ether oxygens (including phenoxy) is 2. The standard InChI is InChI=1S/C14H19N3O3S/c1-14(2)8-17(13(21)16-14)12(18)15-10-6-5-9(19-3)7-11(10)20-4/h5-7H,8H2,1-4H3,(H,15,18)(H,16,21). The van der Waals surface area contributed by atoms with Crippen molar-refractivity contribution in [2.24, 2.45) is 0 Å². The fourth-order valence-corrected chi connectivity index (χ4v) is 2.54. The Morgan fingerprint density at radius 3 is 2.62 bits per heavy atom. The predicted octanol–water partition coefficient (Wildman–Crippen LogP) is 2.20. The molecule has 0 radical (unpaired) electrons. The molecule has 6 nitrogen and oxygen atoms in total. The number of hydrogen-bond donors (Lipinski definition) is 2. The van der Waals surface area contributed by atoms with Crippen molar-refractivity contribution in [3.8, 4) is 11.5 Å². The Kier molecular flexibility index (Phi) is 4.22. The van der Waals surface area contributed by atoms with E-state index in [2.05, 4.69) is 10.6 Å². The molecule has 0 bridgehead atoms. The zero-order valence-corrected chi connectivity index (χ0v) is 13.3. The van der Waals surface area contributed by atoms with E-state index in [0.29, 0.717) is 28.8 Å². The summed E-state index contributed by atoms with van der Waals surface area (Å²) in [6, 6.07) is 4.90. The summed E-state index contributed by atoms with van der Waals surface area (Å²) in [5.74, 6) is 1.18. The number of carbonyl (C=O) groups is 1. The second kappa shape index (κ2) is 5.77. The summed E-state index contributed by atoms with van der Waals surface area (Å²) in [6.45, 7) is 4.48. The first kappa shape index (κ1) is 15.4. The first-order valence-electron chi connectivity index (χ1n) is 6.49. The van der Waals surface area contributed by atoms with E-state index in [9.17, 15) is 4.79 Å². The molecule has 1 aliphatic rings. The first-order valence-corrected chi connectivity index (χ1v) is 6.90. The lowest BCUT2D eigenvalue weighted by atomic mass is 10.1. The maximum absolute atomic E-state index is 12.3. The molecule has 1 fully saturated rings. The van der Waals surface area contributed by atoms with Crippen molar-refractivity contribution in [2.45, 2.75) is 19.4 Å². The normalized spacial score (nSPS) is 16.4. The molecule has 7 heteroatoms. The molecule has 1 aliphatic heterocycles.